The first-order chi connectivity index (χ1) is 12.5. The minimum Gasteiger partial charge on any atom is -0.352 e. The Morgan fingerprint density at radius 3 is 2.78 bits per heavy atom. The van der Waals surface area contributed by atoms with E-state index in [1.165, 1.54) is 6.07 Å². The van der Waals surface area contributed by atoms with Gasteiger partial charge >= 0.3 is 0 Å². The topological polar surface area (TPSA) is 78.5 Å². The Hall–Kier alpha value is -1.15. The molecule has 1 amide bonds. The summed E-state index contributed by atoms with van der Waals surface area (Å²) in [5.41, 5.74) is 0.402. The number of piperidine rings is 2. The Bertz CT molecular complexity index is 735. The number of hydrogen-bond donors (Lipinski definition) is 2. The predicted octanol–water partition coefficient (Wildman–Crippen LogP) is 2.40. The SMILES string of the molecule is CC1CCCCN1S(=O)(=O)c1cccc(C(=O)NCC2CCCNC2)c1.Cl. The van der Waals surface area contributed by atoms with E-state index in [1.807, 2.05) is 6.92 Å². The number of rotatable bonds is 5. The van der Waals surface area contributed by atoms with Gasteiger partial charge in [-0.05, 0) is 69.8 Å². The van der Waals surface area contributed by atoms with E-state index in [0.717, 1.165) is 45.2 Å². The molecular weight excluding hydrogens is 386 g/mol. The van der Waals surface area contributed by atoms with Crippen molar-refractivity contribution in [1.82, 2.24) is 14.9 Å². The second kappa shape index (κ2) is 9.87. The summed E-state index contributed by atoms with van der Waals surface area (Å²) in [6.45, 7) is 5.08. The molecule has 8 heteroatoms. The molecule has 0 saturated carbocycles. The summed E-state index contributed by atoms with van der Waals surface area (Å²) in [6.07, 6.45) is 5.07. The van der Waals surface area contributed by atoms with Crippen LogP contribution in [-0.4, -0.2) is 50.9 Å². The Morgan fingerprint density at radius 2 is 2.07 bits per heavy atom. The van der Waals surface area contributed by atoms with Crippen LogP contribution in [0.5, 0.6) is 0 Å². The second-order valence-electron chi connectivity index (χ2n) is 7.41. The maximum atomic E-state index is 13.0. The van der Waals surface area contributed by atoms with Crippen molar-refractivity contribution in [2.75, 3.05) is 26.2 Å². The summed E-state index contributed by atoms with van der Waals surface area (Å²) in [7, 11) is -3.56. The van der Waals surface area contributed by atoms with Gasteiger partial charge in [-0.3, -0.25) is 4.79 Å². The zero-order chi connectivity index (χ0) is 18.6. The molecule has 6 nitrogen and oxygen atoms in total. The fourth-order valence-corrected chi connectivity index (χ4v) is 5.55. The number of hydrogen-bond acceptors (Lipinski definition) is 4. The van der Waals surface area contributed by atoms with Crippen LogP contribution in [0.3, 0.4) is 0 Å². The first-order valence-electron chi connectivity index (χ1n) is 9.59. The van der Waals surface area contributed by atoms with Crippen LogP contribution in [0.25, 0.3) is 0 Å². The van der Waals surface area contributed by atoms with E-state index in [0.29, 0.717) is 24.6 Å². The number of carbonyl (C=O) groups is 1. The molecule has 1 aromatic rings. The molecule has 27 heavy (non-hydrogen) atoms. The molecule has 0 aliphatic carbocycles. The second-order valence-corrected chi connectivity index (χ2v) is 9.30. The molecule has 2 fully saturated rings. The van der Waals surface area contributed by atoms with Gasteiger partial charge in [0, 0.05) is 24.7 Å². The van der Waals surface area contributed by atoms with Crippen molar-refractivity contribution >= 4 is 28.3 Å². The lowest BCUT2D eigenvalue weighted by Gasteiger charge is -2.32. The Morgan fingerprint density at radius 1 is 1.26 bits per heavy atom. The molecule has 0 aromatic heterocycles. The molecule has 152 valence electrons. The molecule has 2 aliphatic rings. The van der Waals surface area contributed by atoms with Gasteiger partial charge in [-0.25, -0.2) is 8.42 Å². The lowest BCUT2D eigenvalue weighted by molar-refractivity contribution is 0.0944. The van der Waals surface area contributed by atoms with E-state index >= 15 is 0 Å². The molecule has 0 radical (unpaired) electrons. The number of sulfonamides is 1. The van der Waals surface area contributed by atoms with Gasteiger partial charge in [0.05, 0.1) is 4.90 Å². The molecule has 2 aliphatic heterocycles. The highest BCUT2D eigenvalue weighted by Crippen LogP contribution is 2.25. The number of carbonyl (C=O) groups excluding carboxylic acids is 1. The van der Waals surface area contributed by atoms with E-state index in [4.69, 9.17) is 0 Å². The van der Waals surface area contributed by atoms with Crippen molar-refractivity contribution < 1.29 is 13.2 Å². The van der Waals surface area contributed by atoms with Crippen LogP contribution in [0, 0.1) is 5.92 Å². The van der Waals surface area contributed by atoms with Gasteiger partial charge in [-0.2, -0.15) is 4.31 Å². The fraction of sp³-hybridized carbons (Fsp3) is 0.632. The maximum Gasteiger partial charge on any atom is 0.251 e. The average molecular weight is 416 g/mol. The highest BCUT2D eigenvalue weighted by atomic mass is 35.5. The summed E-state index contributed by atoms with van der Waals surface area (Å²) in [6, 6.07) is 6.42. The molecule has 2 heterocycles. The molecule has 3 rings (SSSR count). The van der Waals surface area contributed by atoms with Crippen molar-refractivity contribution in [1.29, 1.82) is 0 Å². The van der Waals surface area contributed by atoms with Crippen LogP contribution in [0.1, 0.15) is 49.4 Å². The summed E-state index contributed by atoms with van der Waals surface area (Å²) in [4.78, 5) is 12.7. The third kappa shape index (κ3) is 5.44. The van der Waals surface area contributed by atoms with E-state index in [9.17, 15) is 13.2 Å². The molecule has 2 unspecified atom stereocenters. The van der Waals surface area contributed by atoms with Crippen molar-refractivity contribution in [3.05, 3.63) is 29.8 Å². The highest BCUT2D eigenvalue weighted by molar-refractivity contribution is 7.89. The van der Waals surface area contributed by atoms with E-state index in [1.54, 1.807) is 22.5 Å². The van der Waals surface area contributed by atoms with Crippen LogP contribution in [-0.2, 0) is 10.0 Å². The molecule has 2 saturated heterocycles. The first-order valence-corrected chi connectivity index (χ1v) is 11.0. The lowest BCUT2D eigenvalue weighted by Crippen LogP contribution is -2.42. The molecule has 2 N–H and O–H groups in total. The normalized spacial score (nSPS) is 24.0. The van der Waals surface area contributed by atoms with Crippen LogP contribution < -0.4 is 10.6 Å². The van der Waals surface area contributed by atoms with Crippen LogP contribution >= 0.6 is 12.4 Å². The lowest BCUT2D eigenvalue weighted by atomic mass is 10.00. The number of benzene rings is 1. The standard InChI is InChI=1S/C19H29N3O3S.ClH/c1-15-6-2-3-11-22(15)26(24,25)18-9-4-8-17(12-18)19(23)21-14-16-7-5-10-20-13-16;/h4,8-9,12,15-16,20H,2-3,5-7,10-11,13-14H2,1H3,(H,21,23);1H. The van der Waals surface area contributed by atoms with Gasteiger partial charge in [-0.15, -0.1) is 12.4 Å². The van der Waals surface area contributed by atoms with Gasteiger partial charge in [-0.1, -0.05) is 12.5 Å². The van der Waals surface area contributed by atoms with Crippen molar-refractivity contribution in [3.8, 4) is 0 Å². The zero-order valence-electron chi connectivity index (χ0n) is 15.8. The van der Waals surface area contributed by atoms with Crippen molar-refractivity contribution in [2.45, 2.75) is 50.0 Å². The van der Waals surface area contributed by atoms with Gasteiger partial charge in [0.1, 0.15) is 0 Å². The van der Waals surface area contributed by atoms with E-state index < -0.39 is 10.0 Å². The quantitative estimate of drug-likeness (QED) is 0.774. The molecule has 2 atom stereocenters. The summed E-state index contributed by atoms with van der Waals surface area (Å²) in [5, 5.41) is 6.28. The predicted molar refractivity (Wildman–Crippen MR) is 109 cm³/mol. The molecule has 0 bridgehead atoms. The van der Waals surface area contributed by atoms with Crippen LogP contribution in [0.4, 0.5) is 0 Å². The smallest absolute Gasteiger partial charge is 0.251 e. The Labute approximate surface area is 168 Å². The monoisotopic (exact) mass is 415 g/mol. The molecular formula is C19H30ClN3O3S. The summed E-state index contributed by atoms with van der Waals surface area (Å²) >= 11 is 0. The van der Waals surface area contributed by atoms with Gasteiger partial charge in [0.15, 0.2) is 0 Å². The average Bonchev–Trinajstić information content (AvgIpc) is 2.67. The van der Waals surface area contributed by atoms with Gasteiger partial charge in [0.25, 0.3) is 5.91 Å². The van der Waals surface area contributed by atoms with E-state index in [2.05, 4.69) is 10.6 Å². The largest absolute Gasteiger partial charge is 0.352 e. The minimum atomic E-state index is -3.56. The minimum absolute atomic E-state index is 0. The summed E-state index contributed by atoms with van der Waals surface area (Å²) in [5.74, 6) is 0.230. The maximum absolute atomic E-state index is 13.0. The number of nitrogens with one attached hydrogen (secondary N) is 2. The molecule has 0 spiro atoms. The van der Waals surface area contributed by atoms with Crippen molar-refractivity contribution in [3.63, 3.8) is 0 Å². The van der Waals surface area contributed by atoms with Crippen LogP contribution in [0.2, 0.25) is 0 Å². The number of amides is 1. The van der Waals surface area contributed by atoms with E-state index in [-0.39, 0.29) is 29.3 Å². The fourth-order valence-electron chi connectivity index (χ4n) is 3.80. The zero-order valence-corrected chi connectivity index (χ0v) is 17.4. The Kier molecular flexibility index (Phi) is 8.09. The number of halogens is 1. The highest BCUT2D eigenvalue weighted by Gasteiger charge is 2.31. The summed E-state index contributed by atoms with van der Waals surface area (Å²) < 4.78 is 27.5. The van der Waals surface area contributed by atoms with Crippen LogP contribution in [0.15, 0.2) is 29.2 Å². The van der Waals surface area contributed by atoms with Gasteiger partial charge in [0.2, 0.25) is 10.0 Å². The third-order valence-corrected chi connectivity index (χ3v) is 7.40. The number of nitrogens with zero attached hydrogens (tertiary/aromatic N) is 1. The van der Waals surface area contributed by atoms with Gasteiger partial charge < -0.3 is 10.6 Å². The first kappa shape index (κ1) is 22.1. The van der Waals surface area contributed by atoms with Crippen molar-refractivity contribution in [2.24, 2.45) is 5.92 Å². The third-order valence-electron chi connectivity index (χ3n) is 5.40. The molecule has 1 aromatic carbocycles. The Balaban J connectivity index is 0.00000261.